The molecule has 0 saturated carbocycles. The summed E-state index contributed by atoms with van der Waals surface area (Å²) in [7, 11) is 0. The number of nitro benzene ring substituents is 1. The van der Waals surface area contributed by atoms with Gasteiger partial charge in [0.2, 0.25) is 0 Å². The summed E-state index contributed by atoms with van der Waals surface area (Å²) >= 11 is 0. The van der Waals surface area contributed by atoms with E-state index < -0.39 is 0 Å². The monoisotopic (exact) mass is 963 g/mol. The quantitative estimate of drug-likeness (QED) is 0.0150. The molecule has 0 saturated heterocycles. The van der Waals surface area contributed by atoms with E-state index in [1.165, 1.54) is 103 Å². The minimum absolute atomic E-state index is 0.0880. The van der Waals surface area contributed by atoms with Crippen LogP contribution in [0.5, 0.6) is 0 Å². The van der Waals surface area contributed by atoms with Crippen LogP contribution in [0, 0.1) is 10.1 Å². The molecule has 370 valence electrons. The zero-order valence-electron chi connectivity index (χ0n) is 42.0. The van der Waals surface area contributed by atoms with Crippen molar-refractivity contribution in [2.24, 2.45) is 0 Å². The van der Waals surface area contributed by atoms with Crippen LogP contribution in [0.25, 0.3) is 98.0 Å². The third kappa shape index (κ3) is 8.07. The number of hydrogen-bond acceptors (Lipinski definition) is 9. The van der Waals surface area contributed by atoms with Gasteiger partial charge in [0.1, 0.15) is 16.8 Å². The first-order valence-electron chi connectivity index (χ1n) is 27.0. The van der Waals surface area contributed by atoms with E-state index >= 15 is 4.79 Å². The summed E-state index contributed by atoms with van der Waals surface area (Å²) in [6.45, 7) is 6.12. The fourth-order valence-electron chi connectivity index (χ4n) is 12.3. The second-order valence-corrected chi connectivity index (χ2v) is 20.7. The molecule has 12 heteroatoms. The molecule has 4 aromatic heterocycles. The third-order valence-electron chi connectivity index (χ3n) is 15.9. The smallest absolute Gasteiger partial charge is 0.299 e. The van der Waals surface area contributed by atoms with Gasteiger partial charge in [0.05, 0.1) is 21.6 Å². The van der Waals surface area contributed by atoms with Gasteiger partial charge < -0.3 is 16.4 Å². The Balaban J connectivity index is 0.984. The lowest BCUT2D eigenvalue weighted by atomic mass is 9.86. The van der Waals surface area contributed by atoms with E-state index in [9.17, 15) is 14.9 Å². The molecule has 0 aliphatic rings. The number of fused-ring (bicyclic) bond motifs is 10. The molecule has 0 aliphatic heterocycles. The van der Waals surface area contributed by atoms with E-state index in [0.717, 1.165) is 98.3 Å². The van der Waals surface area contributed by atoms with Crippen LogP contribution in [0.4, 0.5) is 22.7 Å². The van der Waals surface area contributed by atoms with Crippen LogP contribution in [-0.4, -0.2) is 36.8 Å². The standard InChI is InChI=1S/C60H66N8O4/c1-3-5-7-9-11-13-15-17-19-21-31-65(32-22-20-18-16-14-12-10-8-6-4-2)38-35-49-56(50(36-38)68(71)72)64-58-44-28-24-40-41-25-29-45-53-43(57-63-55-47(62)33-37(61)34-48(55)66(57)59(45)69)27-23-39(51(41)53)42-26-30-46(54(44)52(40)42)60(70)67(49)58/h23-30,33-36H,3-22,31-32,61-62H2,1-2H3. The van der Waals surface area contributed by atoms with Crippen LogP contribution in [0.3, 0.4) is 0 Å². The topological polar surface area (TPSA) is 167 Å². The molecule has 11 rings (SSSR count). The number of unbranched alkanes of at least 4 members (excludes halogenated alkanes) is 18. The summed E-state index contributed by atoms with van der Waals surface area (Å²) in [6.07, 6.45) is 24.8. The molecule has 11 aromatic rings. The molecular weight excluding hydrogens is 897 g/mol. The Morgan fingerprint density at radius 2 is 0.861 bits per heavy atom. The molecule has 0 spiro atoms. The van der Waals surface area contributed by atoms with Gasteiger partial charge in [-0.3, -0.25) is 28.5 Å². The van der Waals surface area contributed by atoms with Crippen LogP contribution < -0.4 is 27.5 Å². The largest absolute Gasteiger partial charge is 0.399 e. The molecule has 7 aromatic carbocycles. The fraction of sp³-hybridized carbons (Fsp3) is 0.400. The summed E-state index contributed by atoms with van der Waals surface area (Å²) in [4.78, 5) is 54.6. The summed E-state index contributed by atoms with van der Waals surface area (Å²) in [5.74, 6) is 0. The normalized spacial score (nSPS) is 12.5. The first kappa shape index (κ1) is 47.3. The summed E-state index contributed by atoms with van der Waals surface area (Å²) < 4.78 is 3.23. The maximum absolute atomic E-state index is 15.1. The summed E-state index contributed by atoms with van der Waals surface area (Å²) in [6, 6.07) is 23.0. The number of nitro groups is 1. The van der Waals surface area contributed by atoms with Gasteiger partial charge in [-0.2, -0.15) is 0 Å². The summed E-state index contributed by atoms with van der Waals surface area (Å²) in [5.41, 5.74) is 16.4. The predicted octanol–water partition coefficient (Wildman–Crippen LogP) is 15.0. The first-order valence-corrected chi connectivity index (χ1v) is 27.0. The van der Waals surface area contributed by atoms with Gasteiger partial charge in [-0.15, -0.1) is 0 Å². The maximum Gasteiger partial charge on any atom is 0.299 e. The lowest BCUT2D eigenvalue weighted by Gasteiger charge is -2.25. The molecule has 12 nitrogen and oxygen atoms in total. The molecule has 0 radical (unpaired) electrons. The number of imidazole rings is 2. The van der Waals surface area contributed by atoms with E-state index in [4.69, 9.17) is 21.4 Å². The van der Waals surface area contributed by atoms with Crippen molar-refractivity contribution in [2.45, 2.75) is 142 Å². The van der Waals surface area contributed by atoms with E-state index in [0.29, 0.717) is 50.0 Å². The molecule has 0 fully saturated rings. The number of nitrogens with two attached hydrogens (primary N) is 2. The molecule has 0 amide bonds. The Bertz CT molecular complexity index is 3890. The SMILES string of the molecule is CCCCCCCCCCCCN(CCCCCCCCCCCC)c1cc([N+](=O)[O-])c2nc3c4ccc5c6ccc7c(=O)n8c9cc(N)cc(N)c9nc8c8ccc(c9ccc(c(=O)n3c2c1)c4c95)c6c78. The van der Waals surface area contributed by atoms with Crippen LogP contribution >= 0.6 is 0 Å². The van der Waals surface area contributed by atoms with Crippen LogP contribution in [-0.2, 0) is 0 Å². The van der Waals surface area contributed by atoms with Gasteiger partial charge in [0.25, 0.3) is 16.8 Å². The van der Waals surface area contributed by atoms with Gasteiger partial charge in [-0.05, 0) is 87.6 Å². The molecule has 4 N–H and O–H groups in total. The maximum atomic E-state index is 15.1. The first-order chi connectivity index (χ1) is 35.2. The number of nitrogen functional groups attached to an aromatic ring is 2. The van der Waals surface area contributed by atoms with Crippen molar-refractivity contribution in [3.05, 3.63) is 104 Å². The van der Waals surface area contributed by atoms with Gasteiger partial charge in [0.15, 0.2) is 5.52 Å². The molecule has 0 unspecified atom stereocenters. The highest BCUT2D eigenvalue weighted by atomic mass is 16.6. The number of anilines is 3. The third-order valence-corrected chi connectivity index (χ3v) is 15.9. The second kappa shape index (κ2) is 19.8. The Labute approximate surface area is 418 Å². The van der Waals surface area contributed by atoms with Crippen LogP contribution in [0.15, 0.2) is 82.4 Å². The van der Waals surface area contributed by atoms with Gasteiger partial charge in [0, 0.05) is 62.8 Å². The van der Waals surface area contributed by atoms with E-state index in [2.05, 4.69) is 30.9 Å². The number of nitrogens with zero attached hydrogens (tertiary/aromatic N) is 6. The molecule has 72 heavy (non-hydrogen) atoms. The Kier molecular flexibility index (Phi) is 13.0. The van der Waals surface area contributed by atoms with Gasteiger partial charge >= 0.3 is 0 Å². The summed E-state index contributed by atoms with van der Waals surface area (Å²) in [5, 5.41) is 22.9. The second-order valence-electron chi connectivity index (χ2n) is 20.7. The molecule has 0 atom stereocenters. The number of non-ortho nitro benzene ring substituents is 1. The van der Waals surface area contributed by atoms with E-state index in [1.807, 2.05) is 42.5 Å². The average molecular weight is 963 g/mol. The van der Waals surface area contributed by atoms with Crippen molar-refractivity contribution < 1.29 is 4.92 Å². The lowest BCUT2D eigenvalue weighted by Crippen LogP contribution is -2.26. The van der Waals surface area contributed by atoms with Crippen molar-refractivity contribution in [1.82, 2.24) is 18.8 Å². The molecule has 0 aliphatic carbocycles. The number of aromatic nitrogens is 4. The molecule has 0 bridgehead atoms. The zero-order valence-corrected chi connectivity index (χ0v) is 42.0. The highest BCUT2D eigenvalue weighted by molar-refractivity contribution is 6.40. The average Bonchev–Trinajstić information content (AvgIpc) is 3.97. The Morgan fingerprint density at radius 3 is 1.31 bits per heavy atom. The van der Waals surface area contributed by atoms with Gasteiger partial charge in [-0.1, -0.05) is 154 Å². The Morgan fingerprint density at radius 1 is 0.486 bits per heavy atom. The van der Waals surface area contributed by atoms with E-state index in [1.54, 1.807) is 27.0 Å². The van der Waals surface area contributed by atoms with Crippen molar-refractivity contribution in [3.63, 3.8) is 0 Å². The molecular formula is C60H66N8O4. The number of hydrogen-bond donors (Lipinski definition) is 2. The molecule has 4 heterocycles. The Hall–Kier alpha value is -7.08. The number of benzene rings is 7. The van der Waals surface area contributed by atoms with Crippen molar-refractivity contribution >= 4 is 121 Å². The fourth-order valence-corrected chi connectivity index (χ4v) is 12.3. The van der Waals surface area contributed by atoms with Gasteiger partial charge in [-0.25, -0.2) is 9.97 Å². The van der Waals surface area contributed by atoms with Crippen LogP contribution in [0.2, 0.25) is 0 Å². The minimum atomic E-state index is -0.337. The number of rotatable bonds is 24. The van der Waals surface area contributed by atoms with Crippen molar-refractivity contribution in [1.29, 1.82) is 0 Å². The highest BCUT2D eigenvalue weighted by Crippen LogP contribution is 2.46. The minimum Gasteiger partial charge on any atom is -0.399 e. The van der Waals surface area contributed by atoms with E-state index in [-0.39, 0.29) is 27.2 Å². The predicted molar refractivity (Wildman–Crippen MR) is 301 cm³/mol. The number of pyridine rings is 2. The van der Waals surface area contributed by atoms with Crippen molar-refractivity contribution in [3.8, 4) is 0 Å². The highest BCUT2D eigenvalue weighted by Gasteiger charge is 2.27. The zero-order chi connectivity index (χ0) is 49.6. The van der Waals surface area contributed by atoms with Crippen LogP contribution in [0.1, 0.15) is 142 Å². The van der Waals surface area contributed by atoms with Crippen molar-refractivity contribution in [2.75, 3.05) is 29.5 Å². The lowest BCUT2D eigenvalue weighted by molar-refractivity contribution is -0.383.